The molecule has 0 N–H and O–H groups in total. The Bertz CT molecular complexity index is 1290. The van der Waals surface area contributed by atoms with Crippen molar-refractivity contribution in [3.05, 3.63) is 132 Å². The quantitative estimate of drug-likeness (QED) is 0.258. The highest BCUT2D eigenvalue weighted by molar-refractivity contribution is 7.99. The zero-order valence-electron chi connectivity index (χ0n) is 17.4. The van der Waals surface area contributed by atoms with Gasteiger partial charge in [-0.2, -0.15) is 0 Å². The smallest absolute Gasteiger partial charge is 0.0406 e. The van der Waals surface area contributed by atoms with Gasteiger partial charge in [-0.25, -0.2) is 0 Å². The molecule has 5 rings (SSSR count). The van der Waals surface area contributed by atoms with Crippen LogP contribution < -0.4 is 0 Å². The summed E-state index contributed by atoms with van der Waals surface area (Å²) in [5, 5.41) is 0.760. The Hall–Kier alpha value is -3.26. The van der Waals surface area contributed by atoms with E-state index in [1.165, 1.54) is 43.2 Å². The summed E-state index contributed by atoms with van der Waals surface area (Å²) in [6, 6.07) is 44.6. The monoisotopic (exact) mass is 448 g/mol. The fraction of sp³-hybridized carbons (Fsp3) is 0. The average Bonchev–Trinajstić information content (AvgIpc) is 2.86. The molecule has 0 radical (unpaired) electrons. The molecule has 0 heterocycles. The first-order chi connectivity index (χ1) is 15.7. The molecule has 0 aliphatic rings. The number of rotatable bonds is 5. The lowest BCUT2D eigenvalue weighted by Crippen LogP contribution is -1.81. The van der Waals surface area contributed by atoms with Crippen LogP contribution in [0.15, 0.2) is 137 Å². The Morgan fingerprint density at radius 1 is 0.344 bits per heavy atom. The highest BCUT2D eigenvalue weighted by Crippen LogP contribution is 2.32. The second kappa shape index (κ2) is 9.48. The summed E-state index contributed by atoms with van der Waals surface area (Å²) in [5.41, 5.74) is 7.29. The number of benzene rings is 5. The third-order valence-electron chi connectivity index (χ3n) is 5.45. The van der Waals surface area contributed by atoms with Crippen molar-refractivity contribution in [1.82, 2.24) is 0 Å². The van der Waals surface area contributed by atoms with Gasteiger partial charge < -0.3 is 0 Å². The molecule has 0 unspecified atom stereocenters. The van der Waals surface area contributed by atoms with Gasteiger partial charge in [-0.15, -0.1) is 0 Å². The SMILES string of the molecule is Clc1ccc(-c2ccc(-c3ccc(Sc4ccc(-c5ccccc5)cc4)cc3)cc2)cc1. The second-order valence-electron chi connectivity index (χ2n) is 7.60. The van der Waals surface area contributed by atoms with E-state index >= 15 is 0 Å². The summed E-state index contributed by atoms with van der Waals surface area (Å²) in [6.07, 6.45) is 0. The molecule has 0 fully saturated rings. The van der Waals surface area contributed by atoms with Crippen LogP contribution in [0.4, 0.5) is 0 Å². The van der Waals surface area contributed by atoms with Gasteiger partial charge in [0, 0.05) is 14.8 Å². The van der Waals surface area contributed by atoms with Crippen molar-refractivity contribution in [2.75, 3.05) is 0 Å². The normalized spacial score (nSPS) is 10.8. The average molecular weight is 449 g/mol. The minimum Gasteiger partial charge on any atom is -0.0901 e. The maximum absolute atomic E-state index is 6.00. The fourth-order valence-electron chi connectivity index (χ4n) is 3.70. The molecule has 0 nitrogen and oxygen atoms in total. The van der Waals surface area contributed by atoms with Crippen LogP contribution in [0.25, 0.3) is 33.4 Å². The minimum absolute atomic E-state index is 0.760. The van der Waals surface area contributed by atoms with E-state index in [0.29, 0.717) is 0 Å². The Labute approximate surface area is 198 Å². The van der Waals surface area contributed by atoms with Crippen molar-refractivity contribution < 1.29 is 0 Å². The highest BCUT2D eigenvalue weighted by atomic mass is 35.5. The molecule has 32 heavy (non-hydrogen) atoms. The molecule has 0 aromatic heterocycles. The first kappa shape index (κ1) is 20.6. The van der Waals surface area contributed by atoms with Gasteiger partial charge in [0.05, 0.1) is 0 Å². The van der Waals surface area contributed by atoms with Gasteiger partial charge in [0.1, 0.15) is 0 Å². The summed E-state index contributed by atoms with van der Waals surface area (Å²) < 4.78 is 0. The Balaban J connectivity index is 1.27. The predicted octanol–water partition coefficient (Wildman–Crippen LogP) is 9.49. The summed E-state index contributed by atoms with van der Waals surface area (Å²) in [5.74, 6) is 0. The van der Waals surface area contributed by atoms with Crippen LogP contribution in [0, 0.1) is 0 Å². The lowest BCUT2D eigenvalue weighted by Gasteiger charge is -2.07. The molecule has 0 atom stereocenters. The summed E-state index contributed by atoms with van der Waals surface area (Å²) in [6.45, 7) is 0. The second-order valence-corrected chi connectivity index (χ2v) is 9.18. The van der Waals surface area contributed by atoms with E-state index in [0.717, 1.165) is 5.02 Å². The highest BCUT2D eigenvalue weighted by Gasteiger charge is 2.03. The van der Waals surface area contributed by atoms with Gasteiger partial charge in [0.15, 0.2) is 0 Å². The topological polar surface area (TPSA) is 0 Å². The largest absolute Gasteiger partial charge is 0.0901 e. The minimum atomic E-state index is 0.760. The van der Waals surface area contributed by atoms with Crippen molar-refractivity contribution in [2.24, 2.45) is 0 Å². The van der Waals surface area contributed by atoms with Crippen LogP contribution in [0.5, 0.6) is 0 Å². The van der Waals surface area contributed by atoms with Crippen LogP contribution in [0.2, 0.25) is 5.02 Å². The van der Waals surface area contributed by atoms with Crippen LogP contribution in [-0.4, -0.2) is 0 Å². The van der Waals surface area contributed by atoms with Gasteiger partial charge in [0.2, 0.25) is 0 Å². The van der Waals surface area contributed by atoms with Gasteiger partial charge >= 0.3 is 0 Å². The van der Waals surface area contributed by atoms with E-state index in [1.807, 2.05) is 18.2 Å². The molecular weight excluding hydrogens is 428 g/mol. The molecule has 0 saturated heterocycles. The standard InChI is InChI=1S/C30H21ClS/c31-28-16-10-25(11-17-28)23-6-8-24(9-7-23)27-14-20-30(21-15-27)32-29-18-12-26(13-19-29)22-4-2-1-3-5-22/h1-21H. The maximum Gasteiger partial charge on any atom is 0.0406 e. The Morgan fingerprint density at radius 2 is 0.656 bits per heavy atom. The van der Waals surface area contributed by atoms with Crippen LogP contribution in [0.3, 0.4) is 0 Å². The van der Waals surface area contributed by atoms with Crippen molar-refractivity contribution >= 4 is 23.4 Å². The van der Waals surface area contributed by atoms with Crippen molar-refractivity contribution in [2.45, 2.75) is 9.79 Å². The van der Waals surface area contributed by atoms with Gasteiger partial charge in [-0.3, -0.25) is 0 Å². The van der Waals surface area contributed by atoms with E-state index in [-0.39, 0.29) is 0 Å². The molecule has 0 spiro atoms. The van der Waals surface area contributed by atoms with E-state index in [2.05, 4.69) is 109 Å². The number of hydrogen-bond donors (Lipinski definition) is 0. The van der Waals surface area contributed by atoms with Crippen LogP contribution in [-0.2, 0) is 0 Å². The summed E-state index contributed by atoms with van der Waals surface area (Å²) >= 11 is 7.78. The van der Waals surface area contributed by atoms with Crippen molar-refractivity contribution in [1.29, 1.82) is 0 Å². The summed E-state index contributed by atoms with van der Waals surface area (Å²) in [4.78, 5) is 2.48. The Morgan fingerprint density at radius 3 is 1.06 bits per heavy atom. The predicted molar refractivity (Wildman–Crippen MR) is 138 cm³/mol. The Kier molecular flexibility index (Phi) is 6.11. The molecule has 5 aromatic carbocycles. The first-order valence-corrected chi connectivity index (χ1v) is 11.7. The zero-order valence-corrected chi connectivity index (χ0v) is 19.0. The zero-order chi connectivity index (χ0) is 21.8. The van der Waals surface area contributed by atoms with E-state index < -0.39 is 0 Å². The molecule has 0 aliphatic heterocycles. The molecule has 154 valence electrons. The first-order valence-electron chi connectivity index (χ1n) is 10.5. The number of halogens is 1. The lowest BCUT2D eigenvalue weighted by molar-refractivity contribution is 1.40. The van der Waals surface area contributed by atoms with Gasteiger partial charge in [-0.05, 0) is 69.8 Å². The van der Waals surface area contributed by atoms with Crippen LogP contribution in [0.1, 0.15) is 0 Å². The molecule has 0 bridgehead atoms. The third kappa shape index (κ3) is 4.80. The maximum atomic E-state index is 6.00. The molecule has 0 amide bonds. The molecule has 2 heteroatoms. The van der Waals surface area contributed by atoms with Gasteiger partial charge in [-0.1, -0.05) is 114 Å². The van der Waals surface area contributed by atoms with Crippen molar-refractivity contribution in [3.63, 3.8) is 0 Å². The van der Waals surface area contributed by atoms with Crippen LogP contribution >= 0.6 is 23.4 Å². The molecule has 5 aromatic rings. The van der Waals surface area contributed by atoms with Crippen molar-refractivity contribution in [3.8, 4) is 33.4 Å². The van der Waals surface area contributed by atoms with Gasteiger partial charge in [0.25, 0.3) is 0 Å². The molecule has 0 saturated carbocycles. The number of hydrogen-bond acceptors (Lipinski definition) is 1. The van der Waals surface area contributed by atoms with E-state index in [9.17, 15) is 0 Å². The van der Waals surface area contributed by atoms with E-state index in [1.54, 1.807) is 11.8 Å². The fourth-order valence-corrected chi connectivity index (χ4v) is 4.64. The molecule has 0 aliphatic carbocycles. The molecular formula is C30H21ClS. The van der Waals surface area contributed by atoms with E-state index in [4.69, 9.17) is 11.6 Å². The third-order valence-corrected chi connectivity index (χ3v) is 6.71. The lowest BCUT2D eigenvalue weighted by atomic mass is 10.0. The summed E-state index contributed by atoms with van der Waals surface area (Å²) in [7, 11) is 0.